The molecule has 2 atom stereocenters. The van der Waals surface area contributed by atoms with Gasteiger partial charge in [-0.1, -0.05) is 44.9 Å². The summed E-state index contributed by atoms with van der Waals surface area (Å²) >= 11 is 0. The number of para-hydroxylation sites is 1. The lowest BCUT2D eigenvalue weighted by molar-refractivity contribution is 0.220. The molecule has 0 saturated carbocycles. The number of rotatable bonds is 4. The van der Waals surface area contributed by atoms with E-state index in [9.17, 15) is 5.26 Å². The monoisotopic (exact) mass is 243 g/mol. The van der Waals surface area contributed by atoms with Gasteiger partial charge < -0.3 is 4.74 Å². The number of hydrogen-bond acceptors (Lipinski definition) is 2. The standard InChI is InChI=1S/C16H21NO/c1-3-6-13(2)11-16(12-17)9-10-18-15-8-5-4-7-14(15)16/h4-5,7-8,13H,3,6,9-11H2,1-2H3. The first kappa shape index (κ1) is 13.0. The molecule has 0 spiro atoms. The van der Waals surface area contributed by atoms with Crippen LogP contribution in [0.5, 0.6) is 5.75 Å². The fourth-order valence-electron chi connectivity index (χ4n) is 3.02. The van der Waals surface area contributed by atoms with Crippen molar-refractivity contribution in [3.8, 4) is 11.8 Å². The minimum Gasteiger partial charge on any atom is -0.493 e. The number of ether oxygens (including phenoxy) is 1. The normalized spacial score (nSPS) is 23.6. The molecule has 1 aromatic rings. The van der Waals surface area contributed by atoms with Crippen LogP contribution < -0.4 is 4.74 Å². The lowest BCUT2D eigenvalue weighted by Crippen LogP contribution is -2.33. The van der Waals surface area contributed by atoms with Crippen molar-refractivity contribution in [1.82, 2.24) is 0 Å². The summed E-state index contributed by atoms with van der Waals surface area (Å²) in [7, 11) is 0. The van der Waals surface area contributed by atoms with E-state index in [-0.39, 0.29) is 5.41 Å². The average molecular weight is 243 g/mol. The molecule has 1 aliphatic rings. The Balaban J connectivity index is 2.31. The van der Waals surface area contributed by atoms with Crippen molar-refractivity contribution in [3.05, 3.63) is 29.8 Å². The highest BCUT2D eigenvalue weighted by Gasteiger charge is 2.38. The van der Waals surface area contributed by atoms with Gasteiger partial charge in [0.1, 0.15) is 5.75 Å². The van der Waals surface area contributed by atoms with Crippen LogP contribution in [0.4, 0.5) is 0 Å². The van der Waals surface area contributed by atoms with Gasteiger partial charge in [0.15, 0.2) is 0 Å². The molecule has 1 aliphatic heterocycles. The van der Waals surface area contributed by atoms with Gasteiger partial charge in [-0.3, -0.25) is 0 Å². The molecule has 96 valence electrons. The van der Waals surface area contributed by atoms with E-state index in [0.29, 0.717) is 12.5 Å². The van der Waals surface area contributed by atoms with E-state index < -0.39 is 0 Å². The van der Waals surface area contributed by atoms with Crippen LogP contribution in [-0.4, -0.2) is 6.61 Å². The van der Waals surface area contributed by atoms with E-state index in [1.807, 2.05) is 18.2 Å². The highest BCUT2D eigenvalue weighted by molar-refractivity contribution is 5.45. The van der Waals surface area contributed by atoms with Gasteiger partial charge in [-0.05, 0) is 18.4 Å². The van der Waals surface area contributed by atoms with Gasteiger partial charge in [0.2, 0.25) is 0 Å². The number of fused-ring (bicyclic) bond motifs is 1. The SMILES string of the molecule is CCCC(C)CC1(C#N)CCOc2ccccc21. The Morgan fingerprint density at radius 3 is 2.94 bits per heavy atom. The second-order valence-corrected chi connectivity index (χ2v) is 5.39. The van der Waals surface area contributed by atoms with Crippen LogP contribution in [0.1, 0.15) is 45.1 Å². The largest absolute Gasteiger partial charge is 0.493 e. The van der Waals surface area contributed by atoms with Crippen molar-refractivity contribution >= 4 is 0 Å². The molecule has 0 bridgehead atoms. The second kappa shape index (κ2) is 5.44. The first-order valence-corrected chi connectivity index (χ1v) is 6.85. The van der Waals surface area contributed by atoms with Gasteiger partial charge in [0, 0.05) is 12.0 Å². The molecule has 2 unspecified atom stereocenters. The lowest BCUT2D eigenvalue weighted by Gasteiger charge is -2.35. The molecule has 1 heterocycles. The topological polar surface area (TPSA) is 33.0 Å². The Morgan fingerprint density at radius 1 is 1.44 bits per heavy atom. The molecule has 2 heteroatoms. The Bertz CT molecular complexity index is 449. The minimum absolute atomic E-state index is 0.344. The van der Waals surface area contributed by atoms with E-state index in [0.717, 1.165) is 24.2 Å². The van der Waals surface area contributed by atoms with Gasteiger partial charge in [-0.25, -0.2) is 0 Å². The summed E-state index contributed by atoms with van der Waals surface area (Å²) in [6, 6.07) is 10.6. The number of nitriles is 1. The maximum atomic E-state index is 9.70. The third-order valence-corrected chi connectivity index (χ3v) is 3.88. The van der Waals surface area contributed by atoms with Gasteiger partial charge in [0.25, 0.3) is 0 Å². The van der Waals surface area contributed by atoms with Crippen LogP contribution >= 0.6 is 0 Å². The summed E-state index contributed by atoms with van der Waals surface area (Å²) in [4.78, 5) is 0. The molecule has 0 N–H and O–H groups in total. The van der Waals surface area contributed by atoms with Crippen LogP contribution in [0, 0.1) is 17.2 Å². The lowest BCUT2D eigenvalue weighted by atomic mass is 9.71. The van der Waals surface area contributed by atoms with Gasteiger partial charge >= 0.3 is 0 Å². The minimum atomic E-state index is -0.344. The number of hydrogen-bond donors (Lipinski definition) is 0. The molecule has 0 amide bonds. The molecule has 0 fully saturated rings. The van der Waals surface area contributed by atoms with Crippen molar-refractivity contribution < 1.29 is 4.74 Å². The first-order valence-electron chi connectivity index (χ1n) is 6.85. The maximum absolute atomic E-state index is 9.70. The summed E-state index contributed by atoms with van der Waals surface area (Å²) in [5.41, 5.74) is 0.741. The molecule has 2 nitrogen and oxygen atoms in total. The predicted molar refractivity (Wildman–Crippen MR) is 72.5 cm³/mol. The van der Waals surface area contributed by atoms with E-state index in [2.05, 4.69) is 26.0 Å². The Labute approximate surface area is 110 Å². The molecule has 2 rings (SSSR count). The molecule has 18 heavy (non-hydrogen) atoms. The van der Waals surface area contributed by atoms with E-state index in [1.54, 1.807) is 0 Å². The quantitative estimate of drug-likeness (QED) is 0.799. The van der Waals surface area contributed by atoms with Crippen LogP contribution in [-0.2, 0) is 5.41 Å². The highest BCUT2D eigenvalue weighted by atomic mass is 16.5. The second-order valence-electron chi connectivity index (χ2n) is 5.39. The molecule has 0 radical (unpaired) electrons. The fraction of sp³-hybridized carbons (Fsp3) is 0.562. The Morgan fingerprint density at radius 2 is 2.22 bits per heavy atom. The molecular formula is C16H21NO. The third-order valence-electron chi connectivity index (χ3n) is 3.88. The summed E-state index contributed by atoms with van der Waals surface area (Å²) in [6.45, 7) is 5.11. The molecule has 0 aliphatic carbocycles. The summed E-state index contributed by atoms with van der Waals surface area (Å²) < 4.78 is 5.67. The predicted octanol–water partition coefficient (Wildman–Crippen LogP) is 4.06. The van der Waals surface area contributed by atoms with Crippen LogP contribution in [0.3, 0.4) is 0 Å². The summed E-state index contributed by atoms with van der Waals surface area (Å²) in [5.74, 6) is 1.48. The van der Waals surface area contributed by atoms with Crippen molar-refractivity contribution in [3.63, 3.8) is 0 Å². The number of benzene rings is 1. The smallest absolute Gasteiger partial charge is 0.124 e. The van der Waals surface area contributed by atoms with E-state index in [1.165, 1.54) is 12.8 Å². The van der Waals surface area contributed by atoms with Crippen LogP contribution in [0.25, 0.3) is 0 Å². The van der Waals surface area contributed by atoms with Crippen molar-refractivity contribution in [2.45, 2.75) is 44.9 Å². The zero-order chi connectivity index (χ0) is 13.0. The summed E-state index contributed by atoms with van der Waals surface area (Å²) in [6.07, 6.45) is 4.12. The van der Waals surface area contributed by atoms with E-state index in [4.69, 9.17) is 4.74 Å². The zero-order valence-electron chi connectivity index (χ0n) is 11.3. The molecule has 1 aromatic carbocycles. The molecule has 0 saturated heterocycles. The highest BCUT2D eigenvalue weighted by Crippen LogP contribution is 2.43. The summed E-state index contributed by atoms with van der Waals surface area (Å²) in [5, 5.41) is 9.70. The Hall–Kier alpha value is -1.49. The van der Waals surface area contributed by atoms with Crippen molar-refractivity contribution in [1.29, 1.82) is 5.26 Å². The third kappa shape index (κ3) is 2.36. The maximum Gasteiger partial charge on any atom is 0.124 e. The van der Waals surface area contributed by atoms with Crippen molar-refractivity contribution in [2.24, 2.45) is 5.92 Å². The average Bonchev–Trinajstić information content (AvgIpc) is 2.39. The van der Waals surface area contributed by atoms with E-state index >= 15 is 0 Å². The Kier molecular flexibility index (Phi) is 3.91. The van der Waals surface area contributed by atoms with Gasteiger partial charge in [-0.15, -0.1) is 0 Å². The van der Waals surface area contributed by atoms with Gasteiger partial charge in [-0.2, -0.15) is 5.26 Å². The van der Waals surface area contributed by atoms with Crippen LogP contribution in [0.2, 0.25) is 0 Å². The van der Waals surface area contributed by atoms with Gasteiger partial charge in [0.05, 0.1) is 18.1 Å². The van der Waals surface area contributed by atoms with Crippen LogP contribution in [0.15, 0.2) is 24.3 Å². The molecular weight excluding hydrogens is 222 g/mol. The number of nitrogens with zero attached hydrogens (tertiary/aromatic N) is 1. The fourth-order valence-corrected chi connectivity index (χ4v) is 3.02. The van der Waals surface area contributed by atoms with Crippen molar-refractivity contribution in [2.75, 3.05) is 6.61 Å². The first-order chi connectivity index (χ1) is 8.72. The molecule has 0 aromatic heterocycles. The zero-order valence-corrected chi connectivity index (χ0v) is 11.3.